The average molecular weight is 537 g/mol. The van der Waals surface area contributed by atoms with Crippen LogP contribution < -0.4 is 10.6 Å². The van der Waals surface area contributed by atoms with Crippen molar-refractivity contribution in [3.63, 3.8) is 0 Å². The number of nitrogens with two attached hydrogens (primary N) is 1. The zero-order valence-corrected chi connectivity index (χ0v) is 23.4. The van der Waals surface area contributed by atoms with Crippen molar-refractivity contribution in [3.05, 3.63) is 81.8 Å². The largest absolute Gasteiger partial charge is 0.366 e. The van der Waals surface area contributed by atoms with Crippen LogP contribution >= 0.6 is 11.3 Å². The molecular weight excluding hydrogens is 499 g/mol. The topological polar surface area (TPSA) is 69.9 Å². The number of rotatable bonds is 9. The van der Waals surface area contributed by atoms with Gasteiger partial charge in [-0.1, -0.05) is 6.07 Å². The number of halogens is 1. The summed E-state index contributed by atoms with van der Waals surface area (Å²) in [5, 5.41) is 2.09. The molecule has 0 radical (unpaired) electrons. The van der Waals surface area contributed by atoms with Crippen molar-refractivity contribution in [1.82, 2.24) is 9.80 Å². The number of likely N-dealkylation sites (tertiary alicyclic amines) is 1. The van der Waals surface area contributed by atoms with Gasteiger partial charge < -0.3 is 15.5 Å². The van der Waals surface area contributed by atoms with Crippen molar-refractivity contribution in [2.24, 2.45) is 5.73 Å². The molecule has 0 bridgehead atoms. The minimum absolute atomic E-state index is 0.0246. The van der Waals surface area contributed by atoms with Crippen LogP contribution in [0.5, 0.6) is 0 Å². The maximum Gasteiger partial charge on any atom is 0.254 e. The summed E-state index contributed by atoms with van der Waals surface area (Å²) in [6.45, 7) is 10.7. The Morgan fingerprint density at radius 2 is 1.63 bits per heavy atom. The van der Waals surface area contributed by atoms with Crippen molar-refractivity contribution >= 4 is 34.5 Å². The summed E-state index contributed by atoms with van der Waals surface area (Å²) >= 11 is 1.76. The average Bonchev–Trinajstić information content (AvgIpc) is 3.39. The lowest BCUT2D eigenvalue weighted by molar-refractivity contribution is 0.0643. The third kappa shape index (κ3) is 6.25. The van der Waals surface area contributed by atoms with Crippen LogP contribution in [0.25, 0.3) is 0 Å². The van der Waals surface area contributed by atoms with E-state index >= 15 is 4.39 Å². The fourth-order valence-electron chi connectivity index (χ4n) is 5.33. The van der Waals surface area contributed by atoms with Gasteiger partial charge in [-0.15, -0.1) is 11.3 Å². The summed E-state index contributed by atoms with van der Waals surface area (Å²) in [6, 6.07) is 16.0. The van der Waals surface area contributed by atoms with E-state index in [0.717, 1.165) is 38.2 Å². The second kappa shape index (κ2) is 12.1. The molecule has 0 spiro atoms. The van der Waals surface area contributed by atoms with Gasteiger partial charge in [-0.3, -0.25) is 14.5 Å². The minimum atomic E-state index is -0.597. The van der Waals surface area contributed by atoms with Crippen LogP contribution in [-0.2, 0) is 6.54 Å². The number of piperidine rings is 1. The minimum Gasteiger partial charge on any atom is -0.366 e. The van der Waals surface area contributed by atoms with E-state index in [1.54, 1.807) is 11.3 Å². The van der Waals surface area contributed by atoms with E-state index in [1.807, 2.05) is 61.8 Å². The van der Waals surface area contributed by atoms with Crippen molar-refractivity contribution in [2.75, 3.05) is 18.0 Å². The maximum absolute atomic E-state index is 15.3. The molecule has 3 aromatic rings. The zero-order chi connectivity index (χ0) is 27.4. The molecule has 6 nitrogen and oxygen atoms in total. The predicted molar refractivity (Wildman–Crippen MR) is 153 cm³/mol. The lowest BCUT2D eigenvalue weighted by Gasteiger charge is -2.40. The molecule has 8 heteroatoms. The second-order valence-electron chi connectivity index (χ2n) is 10.4. The van der Waals surface area contributed by atoms with Crippen LogP contribution in [0.3, 0.4) is 0 Å². The standard InChI is InChI=1S/C30H37FN4O2S/c1-20(2)34(21(3)4)30(37)22-7-10-24(11-8-22)35(28-18-23(29(32)36)9-12-27(28)31)25-13-15-33(16-14-25)19-26-6-5-17-38-26/h5-12,17-18,20-21,25H,13-16,19H2,1-4H3,(H2,32,36). The third-order valence-corrected chi connectivity index (χ3v) is 7.97. The lowest BCUT2D eigenvalue weighted by Crippen LogP contribution is -2.43. The Morgan fingerprint density at radius 3 is 2.18 bits per heavy atom. The highest BCUT2D eigenvalue weighted by Gasteiger charge is 2.29. The molecular formula is C30H37FN4O2S. The van der Waals surface area contributed by atoms with Crippen molar-refractivity contribution in [1.29, 1.82) is 0 Å². The Morgan fingerprint density at radius 1 is 1.00 bits per heavy atom. The fourth-order valence-corrected chi connectivity index (χ4v) is 6.08. The summed E-state index contributed by atoms with van der Waals surface area (Å²) in [4.78, 5) is 32.7. The van der Waals surface area contributed by atoms with Crippen LogP contribution in [0, 0.1) is 5.82 Å². The molecule has 2 aromatic carbocycles. The SMILES string of the molecule is CC(C)N(C(=O)c1ccc(N(c2cc(C(N)=O)ccc2F)C2CCN(Cc3cccs3)CC2)cc1)C(C)C. The summed E-state index contributed by atoms with van der Waals surface area (Å²) in [6.07, 6.45) is 1.67. The summed E-state index contributed by atoms with van der Waals surface area (Å²) in [7, 11) is 0. The highest BCUT2D eigenvalue weighted by molar-refractivity contribution is 7.09. The van der Waals surface area contributed by atoms with Crippen molar-refractivity contribution in [2.45, 2.75) is 65.2 Å². The Kier molecular flexibility index (Phi) is 8.84. The number of anilines is 2. The van der Waals surface area contributed by atoms with Gasteiger partial charge in [-0.2, -0.15) is 0 Å². The van der Waals surface area contributed by atoms with Gasteiger partial charge in [0.05, 0.1) is 5.69 Å². The number of nitrogens with zero attached hydrogens (tertiary/aromatic N) is 3. The van der Waals surface area contributed by atoms with Crippen LogP contribution in [0.4, 0.5) is 15.8 Å². The first-order valence-electron chi connectivity index (χ1n) is 13.2. The van der Waals surface area contributed by atoms with Gasteiger partial charge in [0.25, 0.3) is 5.91 Å². The fraction of sp³-hybridized carbons (Fsp3) is 0.400. The van der Waals surface area contributed by atoms with Gasteiger partial charge in [-0.05, 0) is 94.4 Å². The number of carbonyl (C=O) groups is 2. The van der Waals surface area contributed by atoms with Crippen LogP contribution in [0.2, 0.25) is 0 Å². The zero-order valence-electron chi connectivity index (χ0n) is 22.6. The number of hydrogen-bond donors (Lipinski definition) is 1. The molecule has 4 rings (SSSR count). The Hall–Kier alpha value is -3.23. The molecule has 2 heterocycles. The first kappa shape index (κ1) is 27.8. The molecule has 1 fully saturated rings. The second-order valence-corrected chi connectivity index (χ2v) is 11.5. The quantitative estimate of drug-likeness (QED) is 0.362. The first-order valence-corrected chi connectivity index (χ1v) is 14.1. The number of hydrogen-bond acceptors (Lipinski definition) is 5. The molecule has 2 amide bonds. The predicted octanol–water partition coefficient (Wildman–Crippen LogP) is 6.05. The lowest BCUT2D eigenvalue weighted by atomic mass is 9.99. The Balaban J connectivity index is 1.63. The van der Waals surface area contributed by atoms with Crippen LogP contribution in [0.1, 0.15) is 66.1 Å². The highest BCUT2D eigenvalue weighted by Crippen LogP contribution is 2.35. The van der Waals surface area contributed by atoms with Gasteiger partial charge in [0, 0.05) is 59.5 Å². The molecule has 0 unspecified atom stereocenters. The number of primary amides is 1. The van der Waals surface area contributed by atoms with Crippen molar-refractivity contribution < 1.29 is 14.0 Å². The number of benzene rings is 2. The smallest absolute Gasteiger partial charge is 0.254 e. The normalized spacial score (nSPS) is 14.7. The monoisotopic (exact) mass is 536 g/mol. The third-order valence-electron chi connectivity index (χ3n) is 7.11. The van der Waals surface area contributed by atoms with E-state index in [4.69, 9.17) is 5.73 Å². The molecule has 0 aliphatic carbocycles. The summed E-state index contributed by atoms with van der Waals surface area (Å²) < 4.78 is 15.3. The van der Waals surface area contributed by atoms with Gasteiger partial charge in [0.1, 0.15) is 5.82 Å². The number of carbonyl (C=O) groups excluding carboxylic acids is 2. The van der Waals surface area contributed by atoms with E-state index in [-0.39, 0.29) is 29.6 Å². The van der Waals surface area contributed by atoms with E-state index in [9.17, 15) is 9.59 Å². The van der Waals surface area contributed by atoms with Crippen LogP contribution in [0.15, 0.2) is 60.0 Å². The Bertz CT molecular complexity index is 1230. The van der Waals surface area contributed by atoms with E-state index in [0.29, 0.717) is 11.3 Å². The molecule has 38 heavy (non-hydrogen) atoms. The molecule has 1 aliphatic heterocycles. The number of amides is 2. The first-order chi connectivity index (χ1) is 18.2. The maximum atomic E-state index is 15.3. The molecule has 1 saturated heterocycles. The molecule has 1 aliphatic rings. The van der Waals surface area contributed by atoms with Gasteiger partial charge in [0.2, 0.25) is 5.91 Å². The van der Waals surface area contributed by atoms with E-state index < -0.39 is 11.7 Å². The number of thiophene rings is 1. The Labute approximate surface area is 228 Å². The summed E-state index contributed by atoms with van der Waals surface area (Å²) in [5.41, 5.74) is 7.49. The van der Waals surface area contributed by atoms with Crippen molar-refractivity contribution in [3.8, 4) is 0 Å². The highest BCUT2D eigenvalue weighted by atomic mass is 32.1. The van der Waals surface area contributed by atoms with E-state index in [2.05, 4.69) is 22.4 Å². The molecule has 0 atom stereocenters. The molecule has 2 N–H and O–H groups in total. The molecule has 202 valence electrons. The summed E-state index contributed by atoms with van der Waals surface area (Å²) in [5.74, 6) is -1.04. The molecule has 1 aromatic heterocycles. The van der Waals surface area contributed by atoms with Gasteiger partial charge in [0.15, 0.2) is 0 Å². The van der Waals surface area contributed by atoms with Gasteiger partial charge >= 0.3 is 0 Å². The van der Waals surface area contributed by atoms with Gasteiger partial charge in [-0.25, -0.2) is 4.39 Å². The van der Waals surface area contributed by atoms with E-state index in [1.165, 1.54) is 23.1 Å². The molecule has 0 saturated carbocycles. The van der Waals surface area contributed by atoms with Crippen LogP contribution in [-0.4, -0.2) is 52.8 Å².